The van der Waals surface area contributed by atoms with Gasteiger partial charge in [-0.1, -0.05) is 17.7 Å². The Bertz CT molecular complexity index is 908. The third-order valence-electron chi connectivity index (χ3n) is 4.97. The van der Waals surface area contributed by atoms with Gasteiger partial charge in [0.1, 0.15) is 0 Å². The van der Waals surface area contributed by atoms with Crippen LogP contribution in [0.1, 0.15) is 15.9 Å². The van der Waals surface area contributed by atoms with Crippen LogP contribution in [-0.2, 0) is 4.74 Å². The Morgan fingerprint density at radius 1 is 1.07 bits per heavy atom. The van der Waals surface area contributed by atoms with E-state index >= 15 is 0 Å². The molecule has 0 spiro atoms. The highest BCUT2D eigenvalue weighted by Crippen LogP contribution is 2.32. The minimum Gasteiger partial charge on any atom is -0.454 e. The van der Waals surface area contributed by atoms with E-state index in [4.69, 9.17) is 14.2 Å². The minimum absolute atomic E-state index is 0.170. The molecule has 4 rings (SSSR count). The van der Waals surface area contributed by atoms with Crippen molar-refractivity contribution in [2.45, 2.75) is 6.92 Å². The Kier molecular flexibility index (Phi) is 6.46. The van der Waals surface area contributed by atoms with Crippen LogP contribution in [0.5, 0.6) is 11.5 Å². The van der Waals surface area contributed by atoms with Crippen molar-refractivity contribution in [3.05, 3.63) is 53.6 Å². The number of nitrogens with zero attached hydrogens (tertiary/aromatic N) is 2. The summed E-state index contributed by atoms with van der Waals surface area (Å²) in [5.74, 6) is 1.36. The number of ether oxygens (including phenoxy) is 3. The number of rotatable bonds is 5. The van der Waals surface area contributed by atoms with E-state index in [1.54, 1.807) is 18.2 Å². The van der Waals surface area contributed by atoms with Crippen LogP contribution in [-0.4, -0.2) is 63.0 Å². The molecule has 2 N–H and O–H groups in total. The lowest BCUT2D eigenvalue weighted by molar-refractivity contribution is 0.0394. The third kappa shape index (κ3) is 5.28. The molecule has 0 bridgehead atoms. The number of aliphatic imine (C=N–C) groups is 1. The van der Waals surface area contributed by atoms with Crippen LogP contribution in [0.4, 0.5) is 5.69 Å². The van der Waals surface area contributed by atoms with Crippen LogP contribution in [0.2, 0.25) is 0 Å². The number of hydrogen-bond donors (Lipinski definition) is 2. The molecule has 0 saturated carbocycles. The number of carbonyl (C=O) groups is 1. The fourth-order valence-corrected chi connectivity index (χ4v) is 3.23. The molecule has 0 radical (unpaired) electrons. The normalized spacial score (nSPS) is 16.4. The summed E-state index contributed by atoms with van der Waals surface area (Å²) >= 11 is 0. The molecule has 30 heavy (non-hydrogen) atoms. The van der Waals surface area contributed by atoms with Crippen molar-refractivity contribution >= 4 is 17.6 Å². The first-order valence-electron chi connectivity index (χ1n) is 10.1. The maximum atomic E-state index is 12.8. The third-order valence-corrected chi connectivity index (χ3v) is 4.97. The van der Waals surface area contributed by atoms with Crippen LogP contribution in [0.3, 0.4) is 0 Å². The van der Waals surface area contributed by atoms with E-state index in [1.807, 2.05) is 31.2 Å². The molecule has 8 heteroatoms. The Morgan fingerprint density at radius 2 is 1.83 bits per heavy atom. The van der Waals surface area contributed by atoms with Gasteiger partial charge in [-0.25, -0.2) is 0 Å². The van der Waals surface area contributed by atoms with E-state index in [0.29, 0.717) is 29.6 Å². The number of amides is 1. The quantitative estimate of drug-likeness (QED) is 0.581. The fraction of sp³-hybridized carbons (Fsp3) is 0.364. The Labute approximate surface area is 175 Å². The lowest BCUT2D eigenvalue weighted by Gasteiger charge is -2.25. The lowest BCUT2D eigenvalue weighted by Crippen LogP contribution is -2.39. The standard InChI is InChI=1S/C22H26N4O4/c1-16-2-5-18(6-3-16)24-22(23-8-9-26-10-12-28-13-11-26)25-21(27)17-4-7-19-20(14-17)30-15-29-19/h2-7,14H,8-13,15H2,1H3,(H2,23,24,25,27). The maximum Gasteiger partial charge on any atom is 0.258 e. The van der Waals surface area contributed by atoms with Crippen molar-refractivity contribution in [2.24, 2.45) is 4.99 Å². The average molecular weight is 410 g/mol. The van der Waals surface area contributed by atoms with Crippen molar-refractivity contribution in [1.29, 1.82) is 0 Å². The second kappa shape index (κ2) is 9.60. The smallest absolute Gasteiger partial charge is 0.258 e. The van der Waals surface area contributed by atoms with E-state index in [0.717, 1.165) is 44.1 Å². The van der Waals surface area contributed by atoms with Gasteiger partial charge in [-0.3, -0.25) is 20.0 Å². The van der Waals surface area contributed by atoms with Gasteiger partial charge in [0.25, 0.3) is 5.91 Å². The van der Waals surface area contributed by atoms with Crippen molar-refractivity contribution in [3.63, 3.8) is 0 Å². The zero-order chi connectivity index (χ0) is 20.8. The SMILES string of the molecule is Cc1ccc(NC(=NCCN2CCOCC2)NC(=O)c2ccc3c(c2)OCO3)cc1. The van der Waals surface area contributed by atoms with Crippen LogP contribution in [0.15, 0.2) is 47.5 Å². The first kappa shape index (κ1) is 20.2. The van der Waals surface area contributed by atoms with E-state index in [9.17, 15) is 4.79 Å². The predicted octanol–water partition coefficient (Wildman–Crippen LogP) is 2.25. The molecule has 1 fully saturated rings. The molecule has 1 saturated heterocycles. The van der Waals surface area contributed by atoms with Gasteiger partial charge in [0.2, 0.25) is 12.8 Å². The number of benzene rings is 2. The summed E-state index contributed by atoms with van der Waals surface area (Å²) in [5.41, 5.74) is 2.50. The van der Waals surface area contributed by atoms with Crippen molar-refractivity contribution in [1.82, 2.24) is 10.2 Å². The number of guanidine groups is 1. The molecule has 0 atom stereocenters. The molecule has 2 heterocycles. The molecular weight excluding hydrogens is 384 g/mol. The second-order valence-electron chi connectivity index (χ2n) is 7.20. The van der Waals surface area contributed by atoms with E-state index < -0.39 is 0 Å². The first-order valence-corrected chi connectivity index (χ1v) is 10.1. The number of carbonyl (C=O) groups excluding carboxylic acids is 1. The topological polar surface area (TPSA) is 84.4 Å². The summed E-state index contributed by atoms with van der Waals surface area (Å²) < 4.78 is 16.1. The summed E-state index contributed by atoms with van der Waals surface area (Å²) in [6.45, 7) is 6.88. The van der Waals surface area contributed by atoms with Crippen molar-refractivity contribution in [2.75, 3.05) is 51.5 Å². The van der Waals surface area contributed by atoms with Crippen molar-refractivity contribution in [3.8, 4) is 11.5 Å². The summed E-state index contributed by atoms with van der Waals surface area (Å²) in [5, 5.41) is 6.10. The fourth-order valence-electron chi connectivity index (χ4n) is 3.23. The molecule has 2 aromatic carbocycles. The number of fused-ring (bicyclic) bond motifs is 1. The highest BCUT2D eigenvalue weighted by atomic mass is 16.7. The van der Waals surface area contributed by atoms with Gasteiger partial charge in [-0.05, 0) is 37.3 Å². The van der Waals surface area contributed by atoms with Gasteiger partial charge in [-0.15, -0.1) is 0 Å². The monoisotopic (exact) mass is 410 g/mol. The van der Waals surface area contributed by atoms with Crippen LogP contribution < -0.4 is 20.1 Å². The number of morpholine rings is 1. The molecule has 0 aliphatic carbocycles. The molecule has 2 aliphatic heterocycles. The summed E-state index contributed by atoms with van der Waals surface area (Å²) in [6.07, 6.45) is 0. The predicted molar refractivity (Wildman–Crippen MR) is 114 cm³/mol. The highest BCUT2D eigenvalue weighted by molar-refractivity contribution is 6.10. The van der Waals surface area contributed by atoms with Gasteiger partial charge in [-0.2, -0.15) is 0 Å². The Hall–Kier alpha value is -3.10. The summed E-state index contributed by atoms with van der Waals surface area (Å²) in [6, 6.07) is 13.1. The van der Waals surface area contributed by atoms with E-state index in [1.165, 1.54) is 0 Å². The highest BCUT2D eigenvalue weighted by Gasteiger charge is 2.17. The zero-order valence-corrected chi connectivity index (χ0v) is 17.0. The minimum atomic E-state index is -0.266. The molecular formula is C22H26N4O4. The largest absolute Gasteiger partial charge is 0.454 e. The molecule has 2 aromatic rings. The first-order chi connectivity index (χ1) is 14.7. The molecule has 2 aliphatic rings. The Balaban J connectivity index is 1.44. The molecule has 8 nitrogen and oxygen atoms in total. The summed E-state index contributed by atoms with van der Waals surface area (Å²) in [7, 11) is 0. The average Bonchev–Trinajstić information content (AvgIpc) is 3.24. The lowest BCUT2D eigenvalue weighted by atomic mass is 10.2. The number of hydrogen-bond acceptors (Lipinski definition) is 6. The van der Waals surface area contributed by atoms with E-state index in [2.05, 4.69) is 20.5 Å². The second-order valence-corrected chi connectivity index (χ2v) is 7.20. The van der Waals surface area contributed by atoms with Crippen molar-refractivity contribution < 1.29 is 19.0 Å². The van der Waals surface area contributed by atoms with Crippen LogP contribution in [0, 0.1) is 6.92 Å². The number of anilines is 1. The zero-order valence-electron chi connectivity index (χ0n) is 17.0. The molecule has 0 unspecified atom stereocenters. The maximum absolute atomic E-state index is 12.8. The van der Waals surface area contributed by atoms with Crippen LogP contribution >= 0.6 is 0 Å². The van der Waals surface area contributed by atoms with Gasteiger partial charge >= 0.3 is 0 Å². The molecule has 1 amide bonds. The molecule has 158 valence electrons. The molecule has 0 aromatic heterocycles. The van der Waals surface area contributed by atoms with E-state index in [-0.39, 0.29) is 12.7 Å². The van der Waals surface area contributed by atoms with Gasteiger partial charge in [0.15, 0.2) is 11.5 Å². The summed E-state index contributed by atoms with van der Waals surface area (Å²) in [4.78, 5) is 19.7. The number of nitrogens with one attached hydrogen (secondary N) is 2. The van der Waals surface area contributed by atoms with Gasteiger partial charge in [0, 0.05) is 30.9 Å². The van der Waals surface area contributed by atoms with Gasteiger partial charge < -0.3 is 19.5 Å². The number of aryl methyl sites for hydroxylation is 1. The van der Waals surface area contributed by atoms with Crippen LogP contribution in [0.25, 0.3) is 0 Å². The van der Waals surface area contributed by atoms with Gasteiger partial charge in [0.05, 0.1) is 19.8 Å². The Morgan fingerprint density at radius 3 is 2.63 bits per heavy atom.